The first kappa shape index (κ1) is 14.2. The third kappa shape index (κ3) is 4.15. The minimum atomic E-state index is 0.230. The van der Waals surface area contributed by atoms with Crippen LogP contribution in [0.3, 0.4) is 0 Å². The molecule has 1 aliphatic rings. The van der Waals surface area contributed by atoms with Crippen molar-refractivity contribution in [1.29, 1.82) is 0 Å². The van der Waals surface area contributed by atoms with Gasteiger partial charge in [-0.25, -0.2) is 0 Å². The summed E-state index contributed by atoms with van der Waals surface area (Å²) in [6.45, 7) is 2.22. The maximum Gasteiger partial charge on any atom is 0.164 e. The van der Waals surface area contributed by atoms with Gasteiger partial charge in [0.05, 0.1) is 0 Å². The van der Waals surface area contributed by atoms with Crippen molar-refractivity contribution in [3.05, 3.63) is 35.9 Å². The van der Waals surface area contributed by atoms with Crippen LogP contribution in [0.1, 0.15) is 42.5 Å². The third-order valence-electron chi connectivity index (χ3n) is 3.92. The quantitative estimate of drug-likeness (QED) is 0.767. The Morgan fingerprint density at radius 2 is 2.11 bits per heavy atom. The van der Waals surface area contributed by atoms with Crippen LogP contribution in [-0.4, -0.2) is 41.5 Å². The molecule has 1 atom stereocenters. The van der Waals surface area contributed by atoms with Crippen LogP contribution >= 0.6 is 0 Å². The molecule has 1 aromatic rings. The van der Waals surface area contributed by atoms with Gasteiger partial charge >= 0.3 is 0 Å². The number of benzene rings is 1. The fraction of sp³-hybridized carbons (Fsp3) is 0.562. The van der Waals surface area contributed by atoms with E-state index in [0.717, 1.165) is 31.5 Å². The summed E-state index contributed by atoms with van der Waals surface area (Å²) in [5.41, 5.74) is 0.814. The van der Waals surface area contributed by atoms with Crippen LogP contribution in [0.25, 0.3) is 0 Å². The van der Waals surface area contributed by atoms with Gasteiger partial charge in [-0.2, -0.15) is 0 Å². The number of nitrogens with zero attached hydrogens (tertiary/aromatic N) is 1. The molecule has 1 heterocycles. The monoisotopic (exact) mass is 261 g/mol. The molecule has 0 bridgehead atoms. The molecule has 1 N–H and O–H groups in total. The van der Waals surface area contributed by atoms with Gasteiger partial charge in [0.2, 0.25) is 0 Å². The predicted molar refractivity (Wildman–Crippen MR) is 76.3 cm³/mol. The van der Waals surface area contributed by atoms with E-state index in [-0.39, 0.29) is 12.4 Å². The molecular weight excluding hydrogens is 238 g/mol. The molecule has 1 fully saturated rings. The molecule has 1 aliphatic heterocycles. The van der Waals surface area contributed by atoms with Crippen molar-refractivity contribution in [1.82, 2.24) is 4.90 Å². The number of ketones is 1. The summed E-state index contributed by atoms with van der Waals surface area (Å²) in [7, 11) is 0. The maximum atomic E-state index is 12.1. The van der Waals surface area contributed by atoms with Gasteiger partial charge in [0.15, 0.2) is 5.78 Å². The van der Waals surface area contributed by atoms with Crippen molar-refractivity contribution in [2.24, 2.45) is 0 Å². The van der Waals surface area contributed by atoms with E-state index in [1.165, 1.54) is 12.8 Å². The fourth-order valence-electron chi connectivity index (χ4n) is 2.86. The van der Waals surface area contributed by atoms with Crippen LogP contribution in [0.5, 0.6) is 0 Å². The molecule has 3 nitrogen and oxygen atoms in total. The summed E-state index contributed by atoms with van der Waals surface area (Å²) in [4.78, 5) is 14.5. The predicted octanol–water partition coefficient (Wildman–Crippen LogP) is 2.50. The van der Waals surface area contributed by atoms with E-state index in [0.29, 0.717) is 12.5 Å². The molecule has 1 unspecified atom stereocenters. The van der Waals surface area contributed by atoms with Crippen LogP contribution < -0.4 is 0 Å². The number of hydrogen-bond acceptors (Lipinski definition) is 3. The number of carbonyl (C=O) groups is 1. The third-order valence-corrected chi connectivity index (χ3v) is 3.92. The van der Waals surface area contributed by atoms with Gasteiger partial charge in [0.1, 0.15) is 0 Å². The van der Waals surface area contributed by atoms with Gasteiger partial charge in [-0.3, -0.25) is 9.69 Å². The molecule has 0 amide bonds. The van der Waals surface area contributed by atoms with E-state index in [4.69, 9.17) is 5.11 Å². The van der Waals surface area contributed by atoms with E-state index >= 15 is 0 Å². The lowest BCUT2D eigenvalue weighted by molar-refractivity contribution is 0.0958. The van der Waals surface area contributed by atoms with Crippen molar-refractivity contribution in [2.45, 2.75) is 38.1 Å². The normalized spacial score (nSPS) is 19.7. The number of likely N-dealkylation sites (tertiary alicyclic amines) is 1. The van der Waals surface area contributed by atoms with E-state index < -0.39 is 0 Å². The van der Waals surface area contributed by atoms with Crippen molar-refractivity contribution in [3.63, 3.8) is 0 Å². The Balaban J connectivity index is 1.80. The highest BCUT2D eigenvalue weighted by Gasteiger charge is 2.24. The van der Waals surface area contributed by atoms with E-state index in [2.05, 4.69) is 4.90 Å². The summed E-state index contributed by atoms with van der Waals surface area (Å²) in [5, 5.41) is 8.91. The van der Waals surface area contributed by atoms with Gasteiger partial charge in [-0.1, -0.05) is 30.3 Å². The van der Waals surface area contributed by atoms with Gasteiger partial charge in [-0.15, -0.1) is 0 Å². The van der Waals surface area contributed by atoms with Crippen LogP contribution in [-0.2, 0) is 0 Å². The SMILES string of the molecule is O=C(CCN1CCCC1CCCO)c1ccccc1. The molecule has 0 radical (unpaired) electrons. The van der Waals surface area contributed by atoms with E-state index in [9.17, 15) is 4.79 Å². The maximum absolute atomic E-state index is 12.1. The second-order valence-corrected chi connectivity index (χ2v) is 5.24. The van der Waals surface area contributed by atoms with Crippen molar-refractivity contribution >= 4 is 5.78 Å². The topological polar surface area (TPSA) is 40.5 Å². The van der Waals surface area contributed by atoms with E-state index in [1.54, 1.807) is 0 Å². The Morgan fingerprint density at radius 1 is 1.32 bits per heavy atom. The Hall–Kier alpha value is -1.19. The summed E-state index contributed by atoms with van der Waals surface area (Å²) >= 11 is 0. The van der Waals surface area contributed by atoms with Crippen LogP contribution in [0.15, 0.2) is 30.3 Å². The van der Waals surface area contributed by atoms with Gasteiger partial charge in [-0.05, 0) is 32.2 Å². The standard InChI is InChI=1S/C16H23NO2/c18-13-5-9-15-8-4-11-17(15)12-10-16(19)14-6-2-1-3-7-14/h1-3,6-7,15,18H,4-5,8-13H2. The smallest absolute Gasteiger partial charge is 0.164 e. The second-order valence-electron chi connectivity index (χ2n) is 5.24. The lowest BCUT2D eigenvalue weighted by Gasteiger charge is -2.23. The van der Waals surface area contributed by atoms with Crippen LogP contribution in [0.4, 0.5) is 0 Å². The number of Topliss-reactive ketones (excluding diaryl/α,β-unsaturated/α-hetero) is 1. The summed E-state index contributed by atoms with van der Waals surface area (Å²) in [5.74, 6) is 0.230. The molecule has 0 aromatic heterocycles. The van der Waals surface area contributed by atoms with Gasteiger partial charge < -0.3 is 5.11 Å². The van der Waals surface area contributed by atoms with Crippen molar-refractivity contribution < 1.29 is 9.90 Å². The zero-order valence-corrected chi connectivity index (χ0v) is 11.4. The molecule has 19 heavy (non-hydrogen) atoms. The molecular formula is C16H23NO2. The zero-order valence-electron chi connectivity index (χ0n) is 11.4. The highest BCUT2D eigenvalue weighted by Crippen LogP contribution is 2.21. The average molecular weight is 261 g/mol. The average Bonchev–Trinajstić information content (AvgIpc) is 2.91. The lowest BCUT2D eigenvalue weighted by Crippen LogP contribution is -2.31. The highest BCUT2D eigenvalue weighted by molar-refractivity contribution is 5.96. The molecule has 104 valence electrons. The second kappa shape index (κ2) is 7.41. The number of aliphatic hydroxyl groups excluding tert-OH is 1. The highest BCUT2D eigenvalue weighted by atomic mass is 16.2. The minimum absolute atomic E-state index is 0.230. The molecule has 3 heteroatoms. The lowest BCUT2D eigenvalue weighted by atomic mass is 10.1. The molecule has 0 spiro atoms. The van der Waals surface area contributed by atoms with Crippen LogP contribution in [0.2, 0.25) is 0 Å². The molecule has 0 saturated carbocycles. The fourth-order valence-corrected chi connectivity index (χ4v) is 2.86. The zero-order chi connectivity index (χ0) is 13.5. The Labute approximate surface area is 115 Å². The Morgan fingerprint density at radius 3 is 2.84 bits per heavy atom. The molecule has 2 rings (SSSR count). The van der Waals surface area contributed by atoms with Gasteiger partial charge in [0, 0.05) is 31.2 Å². The summed E-state index contributed by atoms with van der Waals surface area (Å²) in [6, 6.07) is 10.1. The summed E-state index contributed by atoms with van der Waals surface area (Å²) in [6.07, 6.45) is 4.94. The minimum Gasteiger partial charge on any atom is -0.396 e. The molecule has 1 aromatic carbocycles. The van der Waals surface area contributed by atoms with Crippen molar-refractivity contribution in [2.75, 3.05) is 19.7 Å². The molecule has 0 aliphatic carbocycles. The first-order valence-electron chi connectivity index (χ1n) is 7.24. The Kier molecular flexibility index (Phi) is 5.55. The Bertz CT molecular complexity index is 391. The van der Waals surface area contributed by atoms with Gasteiger partial charge in [0.25, 0.3) is 0 Å². The van der Waals surface area contributed by atoms with Crippen molar-refractivity contribution in [3.8, 4) is 0 Å². The number of carbonyl (C=O) groups excluding carboxylic acids is 1. The number of rotatable bonds is 7. The van der Waals surface area contributed by atoms with Crippen LogP contribution in [0, 0.1) is 0 Å². The number of hydrogen-bond donors (Lipinski definition) is 1. The molecule has 1 saturated heterocycles. The number of aliphatic hydroxyl groups is 1. The first-order valence-corrected chi connectivity index (χ1v) is 7.24. The largest absolute Gasteiger partial charge is 0.396 e. The first-order chi connectivity index (χ1) is 9.31. The summed E-state index contributed by atoms with van der Waals surface area (Å²) < 4.78 is 0. The van der Waals surface area contributed by atoms with E-state index in [1.807, 2.05) is 30.3 Å².